The van der Waals surface area contributed by atoms with Gasteiger partial charge in [0.25, 0.3) is 0 Å². The van der Waals surface area contributed by atoms with Crippen molar-refractivity contribution in [3.05, 3.63) is 58.3 Å². The first-order chi connectivity index (χ1) is 15.5. The average Bonchev–Trinajstić information content (AvgIpc) is 3.45. The predicted molar refractivity (Wildman–Crippen MR) is 116 cm³/mol. The number of nitrogens with zero attached hydrogens (tertiary/aromatic N) is 2. The second kappa shape index (κ2) is 9.96. The third-order valence-electron chi connectivity index (χ3n) is 4.99. The van der Waals surface area contributed by atoms with Crippen LogP contribution in [0.25, 0.3) is 11.3 Å². The number of amides is 2. The largest absolute Gasteiger partial charge is 0.453 e. The molecule has 0 aliphatic carbocycles. The predicted octanol–water partition coefficient (Wildman–Crippen LogP) is 2.87. The fraction of sp³-hybridized carbons (Fsp3) is 0.333. The van der Waals surface area contributed by atoms with E-state index in [2.05, 4.69) is 46.4 Å². The third-order valence-corrected chi connectivity index (χ3v) is 5.52. The molecule has 0 spiro atoms. The number of benzene rings is 1. The van der Waals surface area contributed by atoms with E-state index in [9.17, 15) is 9.59 Å². The van der Waals surface area contributed by atoms with E-state index in [4.69, 9.17) is 9.26 Å². The van der Waals surface area contributed by atoms with E-state index in [1.54, 1.807) is 12.3 Å². The molecular weight excluding hydrogens is 482 g/mol. The molecular formula is C21H22BrN5O5. The van der Waals surface area contributed by atoms with Crippen molar-refractivity contribution >= 4 is 27.9 Å². The number of alkyl carbamates (subject to hydrolysis) is 1. The second-order valence-electron chi connectivity index (χ2n) is 7.26. The highest BCUT2D eigenvalue weighted by Crippen LogP contribution is 2.23. The van der Waals surface area contributed by atoms with Crippen LogP contribution in [0.5, 0.6) is 0 Å². The fourth-order valence-corrected chi connectivity index (χ4v) is 3.61. The molecule has 2 bridgehead atoms. The van der Waals surface area contributed by atoms with Gasteiger partial charge in [0.15, 0.2) is 5.76 Å². The van der Waals surface area contributed by atoms with E-state index in [0.717, 1.165) is 15.7 Å². The Morgan fingerprint density at radius 2 is 2.12 bits per heavy atom. The van der Waals surface area contributed by atoms with Gasteiger partial charge in [-0.1, -0.05) is 33.2 Å². The van der Waals surface area contributed by atoms with Gasteiger partial charge < -0.3 is 29.6 Å². The number of halogens is 1. The van der Waals surface area contributed by atoms with Gasteiger partial charge in [0.2, 0.25) is 5.91 Å². The van der Waals surface area contributed by atoms with Gasteiger partial charge >= 0.3 is 6.09 Å². The lowest BCUT2D eigenvalue weighted by atomic mass is 10.1. The number of carbonyl (C=O) groups is 2. The lowest BCUT2D eigenvalue weighted by Crippen LogP contribution is -2.49. The van der Waals surface area contributed by atoms with Crippen molar-refractivity contribution in [2.45, 2.75) is 31.5 Å². The maximum atomic E-state index is 13.1. The monoisotopic (exact) mass is 503 g/mol. The van der Waals surface area contributed by atoms with Gasteiger partial charge in [-0.15, -0.1) is 0 Å². The Bertz CT molecular complexity index is 1080. The number of hydrogen-bond donors (Lipinski definition) is 3. The molecule has 4 rings (SSSR count). The topological polar surface area (TPSA) is 131 Å². The van der Waals surface area contributed by atoms with Gasteiger partial charge in [0.1, 0.15) is 18.5 Å². The lowest BCUT2D eigenvalue weighted by molar-refractivity contribution is -0.124. The molecule has 32 heavy (non-hydrogen) atoms. The normalized spacial score (nSPS) is 19.4. The van der Waals surface area contributed by atoms with Gasteiger partial charge in [0, 0.05) is 35.3 Å². The van der Waals surface area contributed by atoms with Crippen LogP contribution in [-0.2, 0) is 27.3 Å². The number of hydrogen-bond acceptors (Lipinski definition) is 7. The van der Waals surface area contributed by atoms with Crippen LogP contribution in [0.3, 0.4) is 0 Å². The zero-order chi connectivity index (χ0) is 22.5. The highest BCUT2D eigenvalue weighted by Gasteiger charge is 2.28. The molecule has 0 radical (unpaired) electrons. The summed E-state index contributed by atoms with van der Waals surface area (Å²) in [5.74, 6) is 0.738. The van der Waals surface area contributed by atoms with Crippen LogP contribution in [-0.4, -0.2) is 46.9 Å². The van der Waals surface area contributed by atoms with Gasteiger partial charge in [-0.05, 0) is 18.6 Å². The van der Waals surface area contributed by atoms with Crippen LogP contribution in [0, 0.1) is 0 Å². The van der Waals surface area contributed by atoms with Crippen molar-refractivity contribution in [3.63, 3.8) is 0 Å². The Kier molecular flexibility index (Phi) is 6.86. The first-order valence-electron chi connectivity index (χ1n) is 10.00. The molecule has 2 aromatic heterocycles. The molecule has 0 fully saturated rings. The Hall–Kier alpha value is -3.18. The molecule has 10 nitrogen and oxygen atoms in total. The summed E-state index contributed by atoms with van der Waals surface area (Å²) in [5, 5.41) is 9.46. The summed E-state index contributed by atoms with van der Waals surface area (Å²) in [6.07, 6.45) is 1.68. The van der Waals surface area contributed by atoms with Crippen LogP contribution in [0.1, 0.15) is 29.7 Å². The summed E-state index contributed by atoms with van der Waals surface area (Å²) < 4.78 is 16.6. The van der Waals surface area contributed by atoms with Gasteiger partial charge in [0.05, 0.1) is 24.5 Å². The number of imidazole rings is 1. The maximum absolute atomic E-state index is 13.1. The maximum Gasteiger partial charge on any atom is 0.407 e. The molecule has 168 valence electrons. The van der Waals surface area contributed by atoms with E-state index < -0.39 is 24.1 Å². The van der Waals surface area contributed by atoms with Crippen molar-refractivity contribution in [2.75, 3.05) is 13.7 Å². The van der Waals surface area contributed by atoms with E-state index in [1.165, 1.54) is 7.11 Å². The van der Waals surface area contributed by atoms with Gasteiger partial charge in [-0.25, -0.2) is 9.78 Å². The summed E-state index contributed by atoms with van der Waals surface area (Å²) in [6.45, 7) is 0.607. The van der Waals surface area contributed by atoms with E-state index >= 15 is 0 Å². The zero-order valence-electron chi connectivity index (χ0n) is 17.3. The standard InChI is InChI=1S/C21H22BrN5O5/c1-30-21(29)26-17-9-14-8-15(32-27-14)11-31-7-6-16(25-20(17)28)19-23-10-18(24-19)12-2-4-13(22)5-3-12/h2-5,8,10,16-17H,6-7,9,11H2,1H3,(H,23,24)(H,25,28)(H,26,29). The van der Waals surface area contributed by atoms with Crippen molar-refractivity contribution in [1.29, 1.82) is 0 Å². The number of fused-ring (bicyclic) bond motifs is 2. The number of carbonyl (C=O) groups excluding carboxylic acids is 2. The summed E-state index contributed by atoms with van der Waals surface area (Å²) in [4.78, 5) is 32.7. The number of ether oxygens (including phenoxy) is 2. The Morgan fingerprint density at radius 3 is 2.91 bits per heavy atom. The van der Waals surface area contributed by atoms with Crippen LogP contribution in [0.2, 0.25) is 0 Å². The van der Waals surface area contributed by atoms with Gasteiger partial charge in [-0.2, -0.15) is 0 Å². The molecule has 3 heterocycles. The first-order valence-corrected chi connectivity index (χ1v) is 10.8. The molecule has 3 N–H and O–H groups in total. The smallest absolute Gasteiger partial charge is 0.407 e. The number of methoxy groups -OCH3 is 1. The number of nitrogens with one attached hydrogen (secondary N) is 3. The summed E-state index contributed by atoms with van der Waals surface area (Å²) in [5.41, 5.74) is 2.21. The zero-order valence-corrected chi connectivity index (χ0v) is 18.8. The molecule has 0 saturated heterocycles. The number of rotatable bonds is 3. The van der Waals surface area contributed by atoms with Crippen LogP contribution in [0.4, 0.5) is 4.79 Å². The van der Waals surface area contributed by atoms with Crippen molar-refractivity contribution in [2.24, 2.45) is 0 Å². The Balaban J connectivity index is 1.57. The minimum absolute atomic E-state index is 0.138. The molecule has 1 aliphatic rings. The SMILES string of the molecule is COC(=O)NC1Cc2cc(on2)COCCC(c2nc(-c3ccc(Br)cc3)c[nH]2)NC1=O. The third kappa shape index (κ3) is 5.35. The van der Waals surface area contributed by atoms with Crippen LogP contribution in [0.15, 0.2) is 45.5 Å². The van der Waals surface area contributed by atoms with E-state index in [-0.39, 0.29) is 13.0 Å². The van der Waals surface area contributed by atoms with Crippen LogP contribution < -0.4 is 10.6 Å². The van der Waals surface area contributed by atoms with Gasteiger partial charge in [-0.3, -0.25) is 4.79 Å². The minimum atomic E-state index is -0.899. The molecule has 2 amide bonds. The molecule has 0 saturated carbocycles. The fourth-order valence-electron chi connectivity index (χ4n) is 3.35. The first kappa shape index (κ1) is 22.0. The number of aromatic amines is 1. The van der Waals surface area contributed by atoms with Crippen molar-refractivity contribution < 1.29 is 23.6 Å². The summed E-state index contributed by atoms with van der Waals surface area (Å²) >= 11 is 3.43. The number of H-pyrrole nitrogens is 1. The quantitative estimate of drug-likeness (QED) is 0.500. The minimum Gasteiger partial charge on any atom is -0.453 e. The average molecular weight is 504 g/mol. The molecule has 1 aliphatic heterocycles. The Labute approximate surface area is 192 Å². The highest BCUT2D eigenvalue weighted by atomic mass is 79.9. The van der Waals surface area contributed by atoms with Crippen molar-refractivity contribution in [1.82, 2.24) is 25.8 Å². The van der Waals surface area contributed by atoms with E-state index in [0.29, 0.717) is 30.3 Å². The Morgan fingerprint density at radius 1 is 1.31 bits per heavy atom. The van der Waals surface area contributed by atoms with Crippen molar-refractivity contribution in [3.8, 4) is 11.3 Å². The van der Waals surface area contributed by atoms with Crippen LogP contribution >= 0.6 is 15.9 Å². The lowest BCUT2D eigenvalue weighted by Gasteiger charge is -2.22. The molecule has 11 heteroatoms. The summed E-state index contributed by atoms with van der Waals surface area (Å²) in [7, 11) is 1.24. The second-order valence-corrected chi connectivity index (χ2v) is 8.17. The number of aromatic nitrogens is 3. The summed E-state index contributed by atoms with van der Waals surface area (Å²) in [6, 6.07) is 8.13. The highest BCUT2D eigenvalue weighted by molar-refractivity contribution is 9.10. The molecule has 1 aromatic carbocycles. The van der Waals surface area contributed by atoms with E-state index in [1.807, 2.05) is 24.3 Å². The molecule has 2 atom stereocenters. The molecule has 2 unspecified atom stereocenters. The molecule has 3 aromatic rings.